The van der Waals surface area contributed by atoms with Crippen molar-refractivity contribution >= 4 is 5.78 Å². The molecule has 1 fully saturated rings. The molecule has 0 spiro atoms. The molecule has 0 radical (unpaired) electrons. The van der Waals surface area contributed by atoms with Crippen LogP contribution in [-0.4, -0.2) is 12.3 Å². The van der Waals surface area contributed by atoms with E-state index in [2.05, 4.69) is 19.9 Å². The van der Waals surface area contributed by atoms with E-state index in [0.29, 0.717) is 6.54 Å². The predicted octanol–water partition coefficient (Wildman–Crippen LogP) is 3.31. The van der Waals surface area contributed by atoms with Crippen molar-refractivity contribution < 1.29 is 4.79 Å². The summed E-state index contributed by atoms with van der Waals surface area (Å²) in [6, 6.07) is 4.16. The van der Waals surface area contributed by atoms with Crippen molar-refractivity contribution in [1.82, 2.24) is 0 Å². The first kappa shape index (κ1) is 13.3. The Kier molecular flexibility index (Phi) is 3.58. The first-order chi connectivity index (χ1) is 8.50. The third kappa shape index (κ3) is 2.10. The minimum atomic E-state index is -0.285. The second kappa shape index (κ2) is 4.85. The Bertz CT molecular complexity index is 470. The summed E-state index contributed by atoms with van der Waals surface area (Å²) in [6.07, 6.45) is 4.17. The molecule has 2 rings (SSSR count). The summed E-state index contributed by atoms with van der Waals surface area (Å²) < 4.78 is 0. The minimum absolute atomic E-state index is 0.267. The van der Waals surface area contributed by atoms with Gasteiger partial charge in [-0.05, 0) is 56.4 Å². The Morgan fingerprint density at radius 2 is 1.67 bits per heavy atom. The highest BCUT2D eigenvalue weighted by atomic mass is 16.1. The summed E-state index contributed by atoms with van der Waals surface area (Å²) in [4.78, 5) is 12.8. The van der Waals surface area contributed by atoms with Gasteiger partial charge < -0.3 is 5.73 Å². The lowest BCUT2D eigenvalue weighted by atomic mass is 9.77. The third-order valence-corrected chi connectivity index (χ3v) is 4.52. The van der Waals surface area contributed by atoms with Crippen LogP contribution >= 0.6 is 0 Å². The Balaban J connectivity index is 2.42. The number of aryl methyl sites for hydroxylation is 3. The van der Waals surface area contributed by atoms with Crippen LogP contribution in [0, 0.1) is 26.2 Å². The van der Waals surface area contributed by atoms with E-state index in [1.165, 1.54) is 11.1 Å². The molecule has 1 aromatic carbocycles. The molecule has 0 heterocycles. The van der Waals surface area contributed by atoms with E-state index >= 15 is 0 Å². The monoisotopic (exact) mass is 245 g/mol. The van der Waals surface area contributed by atoms with Gasteiger partial charge in [0.05, 0.1) is 0 Å². The van der Waals surface area contributed by atoms with Gasteiger partial charge in [-0.3, -0.25) is 4.79 Å². The van der Waals surface area contributed by atoms with Gasteiger partial charge in [-0.15, -0.1) is 0 Å². The number of rotatable bonds is 3. The van der Waals surface area contributed by atoms with Crippen molar-refractivity contribution in [2.75, 3.05) is 6.54 Å². The molecule has 2 N–H and O–H groups in total. The Hall–Kier alpha value is -1.15. The van der Waals surface area contributed by atoms with E-state index in [4.69, 9.17) is 5.73 Å². The molecule has 1 saturated carbocycles. The lowest BCUT2D eigenvalue weighted by molar-refractivity contribution is 0.0809. The van der Waals surface area contributed by atoms with Crippen LogP contribution in [0.15, 0.2) is 12.1 Å². The second-order valence-corrected chi connectivity index (χ2v) is 5.77. The van der Waals surface area contributed by atoms with Crippen molar-refractivity contribution in [1.29, 1.82) is 0 Å². The molecule has 0 aromatic heterocycles. The summed E-state index contributed by atoms with van der Waals surface area (Å²) >= 11 is 0. The number of nitrogens with two attached hydrogens (primary N) is 1. The lowest BCUT2D eigenvalue weighted by Crippen LogP contribution is -2.36. The Morgan fingerprint density at radius 3 is 2.22 bits per heavy atom. The van der Waals surface area contributed by atoms with Crippen LogP contribution in [0.4, 0.5) is 0 Å². The largest absolute Gasteiger partial charge is 0.329 e. The zero-order chi connectivity index (χ0) is 13.3. The maximum Gasteiger partial charge on any atom is 0.170 e. The quantitative estimate of drug-likeness (QED) is 0.830. The van der Waals surface area contributed by atoms with E-state index in [9.17, 15) is 4.79 Å². The van der Waals surface area contributed by atoms with Gasteiger partial charge in [-0.25, -0.2) is 0 Å². The van der Waals surface area contributed by atoms with Crippen LogP contribution in [0.5, 0.6) is 0 Å². The highest BCUT2D eigenvalue weighted by molar-refractivity contribution is 6.02. The Labute approximate surface area is 110 Å². The summed E-state index contributed by atoms with van der Waals surface area (Å²) in [5.41, 5.74) is 10.0. The Morgan fingerprint density at radius 1 is 1.11 bits per heavy atom. The lowest BCUT2D eigenvalue weighted by Gasteiger charge is -2.26. The van der Waals surface area contributed by atoms with Crippen LogP contribution in [-0.2, 0) is 0 Å². The summed E-state index contributed by atoms with van der Waals surface area (Å²) in [5.74, 6) is 0.267. The number of carbonyl (C=O) groups is 1. The van der Waals surface area contributed by atoms with Gasteiger partial charge in [0.2, 0.25) is 0 Å². The fourth-order valence-corrected chi connectivity index (χ4v) is 3.07. The van der Waals surface area contributed by atoms with Gasteiger partial charge in [-0.2, -0.15) is 0 Å². The normalized spacial score (nSPS) is 18.0. The summed E-state index contributed by atoms with van der Waals surface area (Å²) in [7, 11) is 0. The van der Waals surface area contributed by atoms with Crippen LogP contribution in [0.25, 0.3) is 0 Å². The van der Waals surface area contributed by atoms with Gasteiger partial charge in [0, 0.05) is 17.5 Å². The molecule has 0 atom stereocenters. The number of carbonyl (C=O) groups excluding carboxylic acids is 1. The van der Waals surface area contributed by atoms with Crippen LogP contribution in [0.2, 0.25) is 0 Å². The molecule has 2 heteroatoms. The average molecular weight is 245 g/mol. The standard InChI is InChI=1S/C16H23NO/c1-11-8-13(3)14(9-12(11)2)15(18)16(10-17)6-4-5-7-16/h8-9H,4-7,10,17H2,1-3H3. The number of benzene rings is 1. The fourth-order valence-electron chi connectivity index (χ4n) is 3.07. The van der Waals surface area contributed by atoms with Crippen molar-refractivity contribution in [3.8, 4) is 0 Å². The molecule has 0 bridgehead atoms. The topological polar surface area (TPSA) is 43.1 Å². The van der Waals surface area contributed by atoms with Gasteiger partial charge in [0.25, 0.3) is 0 Å². The fraction of sp³-hybridized carbons (Fsp3) is 0.562. The van der Waals surface area contributed by atoms with Crippen LogP contribution in [0.3, 0.4) is 0 Å². The number of hydrogen-bond donors (Lipinski definition) is 1. The third-order valence-electron chi connectivity index (χ3n) is 4.52. The number of ketones is 1. The first-order valence-electron chi connectivity index (χ1n) is 6.83. The molecule has 98 valence electrons. The molecule has 2 nitrogen and oxygen atoms in total. The van der Waals surface area contributed by atoms with Crippen molar-refractivity contribution in [3.63, 3.8) is 0 Å². The summed E-state index contributed by atoms with van der Waals surface area (Å²) in [5, 5.41) is 0. The van der Waals surface area contributed by atoms with E-state index in [1.807, 2.05) is 13.0 Å². The molecular weight excluding hydrogens is 222 g/mol. The molecule has 18 heavy (non-hydrogen) atoms. The van der Waals surface area contributed by atoms with E-state index in [1.54, 1.807) is 0 Å². The predicted molar refractivity (Wildman–Crippen MR) is 74.9 cm³/mol. The zero-order valence-corrected chi connectivity index (χ0v) is 11.7. The number of Topliss-reactive ketones (excluding diaryl/α,β-unsaturated/α-hetero) is 1. The van der Waals surface area contributed by atoms with E-state index in [0.717, 1.165) is 36.8 Å². The van der Waals surface area contributed by atoms with Gasteiger partial charge >= 0.3 is 0 Å². The van der Waals surface area contributed by atoms with E-state index < -0.39 is 0 Å². The minimum Gasteiger partial charge on any atom is -0.329 e. The van der Waals surface area contributed by atoms with Gasteiger partial charge in [-0.1, -0.05) is 18.9 Å². The molecule has 1 aromatic rings. The molecule has 0 unspecified atom stereocenters. The molecule has 0 saturated heterocycles. The van der Waals surface area contributed by atoms with Crippen molar-refractivity contribution in [2.24, 2.45) is 11.1 Å². The molecule has 1 aliphatic carbocycles. The van der Waals surface area contributed by atoms with Crippen LogP contribution in [0.1, 0.15) is 52.7 Å². The maximum absolute atomic E-state index is 12.8. The second-order valence-electron chi connectivity index (χ2n) is 5.77. The number of hydrogen-bond acceptors (Lipinski definition) is 2. The highest BCUT2D eigenvalue weighted by Crippen LogP contribution is 2.40. The van der Waals surface area contributed by atoms with Gasteiger partial charge in [0.15, 0.2) is 5.78 Å². The average Bonchev–Trinajstić information content (AvgIpc) is 2.83. The molecular formula is C16H23NO. The highest BCUT2D eigenvalue weighted by Gasteiger charge is 2.40. The molecule has 0 amide bonds. The van der Waals surface area contributed by atoms with Crippen LogP contribution < -0.4 is 5.73 Å². The zero-order valence-electron chi connectivity index (χ0n) is 11.7. The van der Waals surface area contributed by atoms with E-state index in [-0.39, 0.29) is 11.2 Å². The molecule has 0 aliphatic heterocycles. The van der Waals surface area contributed by atoms with Crippen molar-refractivity contribution in [2.45, 2.75) is 46.5 Å². The molecule has 1 aliphatic rings. The van der Waals surface area contributed by atoms with Crippen molar-refractivity contribution in [3.05, 3.63) is 34.4 Å². The maximum atomic E-state index is 12.8. The van der Waals surface area contributed by atoms with Gasteiger partial charge in [0.1, 0.15) is 0 Å². The first-order valence-corrected chi connectivity index (χ1v) is 6.83. The SMILES string of the molecule is Cc1cc(C)c(C(=O)C2(CN)CCCC2)cc1C. The summed E-state index contributed by atoms with van der Waals surface area (Å²) in [6.45, 7) is 6.66. The smallest absolute Gasteiger partial charge is 0.170 e.